The van der Waals surface area contributed by atoms with E-state index in [0.717, 1.165) is 65.8 Å². The Labute approximate surface area is 180 Å². The molecule has 0 radical (unpaired) electrons. The Kier molecular flexibility index (Phi) is 7.32. The van der Waals surface area contributed by atoms with E-state index in [-0.39, 0.29) is 19.0 Å². The summed E-state index contributed by atoms with van der Waals surface area (Å²) in [6.07, 6.45) is 5.42. The third-order valence-corrected chi connectivity index (χ3v) is 5.60. The highest BCUT2D eigenvalue weighted by atomic mass is 35.5. The van der Waals surface area contributed by atoms with E-state index in [1.807, 2.05) is 31.3 Å². The van der Waals surface area contributed by atoms with Crippen LogP contribution >= 0.6 is 23.7 Å². The molecule has 10 heteroatoms. The van der Waals surface area contributed by atoms with Crippen molar-refractivity contribution in [2.24, 2.45) is 0 Å². The van der Waals surface area contributed by atoms with Crippen molar-refractivity contribution in [3.05, 3.63) is 42.6 Å². The predicted octanol–water partition coefficient (Wildman–Crippen LogP) is 2.58. The predicted molar refractivity (Wildman–Crippen MR) is 118 cm³/mol. The molecule has 3 aromatic rings. The molecule has 0 bridgehead atoms. The number of piperazine rings is 1. The minimum absolute atomic E-state index is 0. The molecule has 0 aromatic carbocycles. The maximum Gasteiger partial charge on any atom is 0.188 e. The van der Waals surface area contributed by atoms with Crippen molar-refractivity contribution in [2.45, 2.75) is 6.92 Å². The number of hydrogen-bond donors (Lipinski definition) is 2. The molecule has 0 amide bonds. The van der Waals surface area contributed by atoms with Gasteiger partial charge in [-0.15, -0.1) is 12.4 Å². The molecule has 0 saturated carbocycles. The number of nitrogens with zero attached hydrogens (tertiary/aromatic N) is 6. The number of nitrogens with one attached hydrogen (secondary N) is 1. The zero-order valence-electron chi connectivity index (χ0n) is 16.2. The smallest absolute Gasteiger partial charge is 0.188 e. The van der Waals surface area contributed by atoms with Crippen LogP contribution in [0.15, 0.2) is 36.8 Å². The van der Waals surface area contributed by atoms with E-state index in [1.54, 1.807) is 23.7 Å². The number of aliphatic hydroxyl groups is 1. The van der Waals surface area contributed by atoms with Gasteiger partial charge in [0.2, 0.25) is 0 Å². The molecule has 2 N–H and O–H groups in total. The van der Waals surface area contributed by atoms with E-state index in [1.165, 1.54) is 0 Å². The standard InChI is InChI=1S/C19H23N7OS.ClH/c1-14-22-17(12-18(23-14)26-8-6-25(7-9-26)10-11-27)24-19-21-13-16(28-19)15-2-4-20-5-3-15;/h2-5,12-13,27H,6-11H2,1H3,(H,21,22,23,24);1H. The fourth-order valence-corrected chi connectivity index (χ4v) is 4.04. The van der Waals surface area contributed by atoms with Crippen LogP contribution in [-0.2, 0) is 0 Å². The van der Waals surface area contributed by atoms with Crippen LogP contribution in [0.4, 0.5) is 16.8 Å². The van der Waals surface area contributed by atoms with Crippen LogP contribution in [0.2, 0.25) is 0 Å². The molecule has 8 nitrogen and oxygen atoms in total. The molecule has 154 valence electrons. The van der Waals surface area contributed by atoms with Crippen molar-refractivity contribution in [3.8, 4) is 10.4 Å². The van der Waals surface area contributed by atoms with Crippen LogP contribution in [0, 0.1) is 6.92 Å². The number of halogens is 1. The van der Waals surface area contributed by atoms with E-state index in [9.17, 15) is 0 Å². The second-order valence-corrected chi connectivity index (χ2v) is 7.63. The monoisotopic (exact) mass is 433 g/mol. The topological polar surface area (TPSA) is 90.3 Å². The van der Waals surface area contributed by atoms with Crippen molar-refractivity contribution in [2.75, 3.05) is 49.5 Å². The van der Waals surface area contributed by atoms with Gasteiger partial charge in [-0.25, -0.2) is 15.0 Å². The summed E-state index contributed by atoms with van der Waals surface area (Å²) in [6.45, 7) is 6.46. The van der Waals surface area contributed by atoms with Crippen LogP contribution in [-0.4, -0.2) is 69.3 Å². The summed E-state index contributed by atoms with van der Waals surface area (Å²) in [5.74, 6) is 2.39. The van der Waals surface area contributed by atoms with Gasteiger partial charge in [0.15, 0.2) is 5.13 Å². The molecular formula is C19H24ClN7OS. The van der Waals surface area contributed by atoms with Crippen LogP contribution in [0.1, 0.15) is 5.82 Å². The average molecular weight is 434 g/mol. The number of thiazole rings is 1. The number of aliphatic hydroxyl groups excluding tert-OH is 1. The van der Waals surface area contributed by atoms with Crippen molar-refractivity contribution >= 4 is 40.5 Å². The van der Waals surface area contributed by atoms with Crippen molar-refractivity contribution in [1.29, 1.82) is 0 Å². The number of hydrogen-bond acceptors (Lipinski definition) is 9. The summed E-state index contributed by atoms with van der Waals surface area (Å²) < 4.78 is 0. The number of rotatable bonds is 6. The molecule has 0 unspecified atom stereocenters. The number of β-amino-alcohol motifs (C(OH)–C–C–N with tert-alkyl or cyclic N) is 1. The normalized spacial score (nSPS) is 14.5. The molecule has 29 heavy (non-hydrogen) atoms. The second kappa shape index (κ2) is 9.93. The fourth-order valence-electron chi connectivity index (χ4n) is 3.21. The van der Waals surface area contributed by atoms with E-state index >= 15 is 0 Å². The Hall–Kier alpha value is -2.33. The molecule has 1 fully saturated rings. The largest absolute Gasteiger partial charge is 0.395 e. The van der Waals surface area contributed by atoms with E-state index in [0.29, 0.717) is 0 Å². The maximum atomic E-state index is 9.10. The zero-order chi connectivity index (χ0) is 19.3. The summed E-state index contributed by atoms with van der Waals surface area (Å²) in [5.41, 5.74) is 1.10. The molecular weight excluding hydrogens is 410 g/mol. The molecule has 0 spiro atoms. The third-order valence-electron chi connectivity index (χ3n) is 4.64. The summed E-state index contributed by atoms with van der Waals surface area (Å²) in [7, 11) is 0. The molecule has 1 aliphatic heterocycles. The number of aryl methyl sites for hydroxylation is 1. The third kappa shape index (κ3) is 5.39. The minimum Gasteiger partial charge on any atom is -0.395 e. The summed E-state index contributed by atoms with van der Waals surface area (Å²) in [4.78, 5) is 23.3. The van der Waals surface area contributed by atoms with E-state index < -0.39 is 0 Å². The van der Waals surface area contributed by atoms with Gasteiger partial charge in [0.1, 0.15) is 17.5 Å². The van der Waals surface area contributed by atoms with Crippen LogP contribution in [0.25, 0.3) is 10.4 Å². The number of pyridine rings is 1. The summed E-state index contributed by atoms with van der Waals surface area (Å²) >= 11 is 1.58. The Bertz CT molecular complexity index is 916. The Balaban J connectivity index is 0.00000240. The minimum atomic E-state index is 0. The number of aromatic nitrogens is 4. The molecule has 1 saturated heterocycles. The first-order valence-electron chi connectivity index (χ1n) is 9.28. The van der Waals surface area contributed by atoms with Gasteiger partial charge in [-0.3, -0.25) is 9.88 Å². The van der Waals surface area contributed by atoms with Gasteiger partial charge in [-0.1, -0.05) is 11.3 Å². The average Bonchev–Trinajstić information content (AvgIpc) is 3.17. The van der Waals surface area contributed by atoms with Gasteiger partial charge in [-0.2, -0.15) is 0 Å². The highest BCUT2D eigenvalue weighted by Gasteiger charge is 2.18. The van der Waals surface area contributed by atoms with E-state index in [2.05, 4.69) is 35.1 Å². The van der Waals surface area contributed by atoms with Crippen LogP contribution < -0.4 is 10.2 Å². The summed E-state index contributed by atoms with van der Waals surface area (Å²) in [5, 5.41) is 13.2. The van der Waals surface area contributed by atoms with Gasteiger partial charge in [-0.05, 0) is 24.6 Å². The first-order chi connectivity index (χ1) is 13.7. The molecule has 1 aliphatic rings. The highest BCUT2D eigenvalue weighted by molar-refractivity contribution is 7.18. The Morgan fingerprint density at radius 2 is 1.90 bits per heavy atom. The lowest BCUT2D eigenvalue weighted by atomic mass is 10.2. The van der Waals surface area contributed by atoms with Crippen LogP contribution in [0.3, 0.4) is 0 Å². The molecule has 4 rings (SSSR count). The molecule has 4 heterocycles. The first kappa shape index (κ1) is 21.4. The molecule has 0 aliphatic carbocycles. The van der Waals surface area contributed by atoms with E-state index in [4.69, 9.17) is 5.11 Å². The number of anilines is 3. The van der Waals surface area contributed by atoms with Crippen molar-refractivity contribution in [3.63, 3.8) is 0 Å². The highest BCUT2D eigenvalue weighted by Crippen LogP contribution is 2.30. The fraction of sp³-hybridized carbons (Fsp3) is 0.368. The van der Waals surface area contributed by atoms with Crippen molar-refractivity contribution in [1.82, 2.24) is 24.8 Å². The maximum absolute atomic E-state index is 9.10. The lowest BCUT2D eigenvalue weighted by molar-refractivity contribution is 0.188. The van der Waals surface area contributed by atoms with Gasteiger partial charge in [0, 0.05) is 57.4 Å². The van der Waals surface area contributed by atoms with Crippen LogP contribution in [0.5, 0.6) is 0 Å². The van der Waals surface area contributed by atoms with Gasteiger partial charge < -0.3 is 15.3 Å². The molecule has 0 atom stereocenters. The lowest BCUT2D eigenvalue weighted by Gasteiger charge is -2.35. The Morgan fingerprint density at radius 1 is 1.14 bits per heavy atom. The Morgan fingerprint density at radius 3 is 2.62 bits per heavy atom. The second-order valence-electron chi connectivity index (χ2n) is 6.60. The quantitative estimate of drug-likeness (QED) is 0.613. The first-order valence-corrected chi connectivity index (χ1v) is 10.1. The molecule has 3 aromatic heterocycles. The van der Waals surface area contributed by atoms with Gasteiger partial charge in [0.05, 0.1) is 11.5 Å². The lowest BCUT2D eigenvalue weighted by Crippen LogP contribution is -2.47. The SMILES string of the molecule is Cc1nc(Nc2ncc(-c3ccncc3)s2)cc(N2CCN(CCO)CC2)n1.Cl. The van der Waals surface area contributed by atoms with Gasteiger partial charge in [0.25, 0.3) is 0 Å². The summed E-state index contributed by atoms with van der Waals surface area (Å²) in [6, 6.07) is 5.92. The zero-order valence-corrected chi connectivity index (χ0v) is 17.8. The van der Waals surface area contributed by atoms with Crippen molar-refractivity contribution < 1.29 is 5.11 Å². The van der Waals surface area contributed by atoms with Gasteiger partial charge >= 0.3 is 0 Å².